The van der Waals surface area contributed by atoms with Crippen molar-refractivity contribution in [3.8, 4) is 6.07 Å². The van der Waals surface area contributed by atoms with E-state index in [1.165, 1.54) is 0 Å². The molecule has 5 heteroatoms. The molecule has 106 valence electrons. The van der Waals surface area contributed by atoms with Crippen molar-refractivity contribution in [2.24, 2.45) is 0 Å². The number of rotatable bonds is 3. The Labute approximate surface area is 118 Å². The summed E-state index contributed by atoms with van der Waals surface area (Å²) in [5.74, 6) is -0.162. The highest BCUT2D eigenvalue weighted by Crippen LogP contribution is 2.23. The van der Waals surface area contributed by atoms with Crippen molar-refractivity contribution in [1.29, 1.82) is 5.26 Å². The van der Waals surface area contributed by atoms with E-state index in [1.807, 2.05) is 11.8 Å². The normalized spacial score (nSPS) is 24.1. The molecular weight excluding hydrogens is 254 g/mol. The Morgan fingerprint density at radius 1 is 1.55 bits per heavy atom. The third-order valence-electron chi connectivity index (χ3n) is 3.71. The van der Waals surface area contributed by atoms with Gasteiger partial charge in [0.15, 0.2) is 0 Å². The van der Waals surface area contributed by atoms with Gasteiger partial charge in [-0.1, -0.05) is 12.1 Å². The molecule has 2 unspecified atom stereocenters. The molecule has 1 aliphatic rings. The van der Waals surface area contributed by atoms with Crippen molar-refractivity contribution in [3.63, 3.8) is 0 Å². The Morgan fingerprint density at radius 2 is 2.25 bits per heavy atom. The van der Waals surface area contributed by atoms with Crippen LogP contribution < -0.4 is 5.32 Å². The minimum Gasteiger partial charge on any atom is -0.389 e. The van der Waals surface area contributed by atoms with Crippen molar-refractivity contribution < 1.29 is 9.90 Å². The van der Waals surface area contributed by atoms with Crippen LogP contribution in [0.5, 0.6) is 0 Å². The number of carbonyl (C=O) groups is 1. The average Bonchev–Trinajstić information content (AvgIpc) is 2.78. The fraction of sp³-hybridized carbons (Fsp3) is 0.467. The van der Waals surface area contributed by atoms with Gasteiger partial charge in [-0.25, -0.2) is 0 Å². The van der Waals surface area contributed by atoms with E-state index in [2.05, 4.69) is 11.4 Å². The number of amides is 1. The summed E-state index contributed by atoms with van der Waals surface area (Å²) in [4.78, 5) is 14.2. The minimum atomic E-state index is -0.723. The van der Waals surface area contributed by atoms with Crippen LogP contribution in [0.2, 0.25) is 0 Å². The number of nitrogens with one attached hydrogen (secondary N) is 1. The Balaban J connectivity index is 2.04. The highest BCUT2D eigenvalue weighted by atomic mass is 16.3. The third-order valence-corrected chi connectivity index (χ3v) is 3.71. The first-order valence-electron chi connectivity index (χ1n) is 6.69. The molecule has 0 bridgehead atoms. The summed E-state index contributed by atoms with van der Waals surface area (Å²) in [6, 6.07) is 8.63. The second-order valence-corrected chi connectivity index (χ2v) is 5.54. The summed E-state index contributed by atoms with van der Waals surface area (Å²) in [7, 11) is 0. The predicted octanol–water partition coefficient (Wildman–Crippen LogP) is 1.34. The van der Waals surface area contributed by atoms with Gasteiger partial charge in [0.1, 0.15) is 6.07 Å². The molecule has 5 nitrogen and oxygen atoms in total. The van der Waals surface area contributed by atoms with Crippen LogP contribution in [0.4, 0.5) is 5.69 Å². The van der Waals surface area contributed by atoms with Gasteiger partial charge in [-0.3, -0.25) is 9.69 Å². The quantitative estimate of drug-likeness (QED) is 0.871. The molecule has 0 aromatic heterocycles. The second-order valence-electron chi connectivity index (χ2n) is 5.54. The predicted molar refractivity (Wildman–Crippen MR) is 76.1 cm³/mol. The lowest BCUT2D eigenvalue weighted by Crippen LogP contribution is -2.42. The first kappa shape index (κ1) is 14.5. The van der Waals surface area contributed by atoms with E-state index in [-0.39, 0.29) is 11.9 Å². The number of nitriles is 1. The van der Waals surface area contributed by atoms with Crippen molar-refractivity contribution in [2.75, 3.05) is 18.4 Å². The lowest BCUT2D eigenvalue weighted by atomic mass is 10.1. The maximum Gasteiger partial charge on any atom is 0.241 e. The van der Waals surface area contributed by atoms with E-state index in [4.69, 9.17) is 5.26 Å². The number of aliphatic hydroxyl groups is 1. The Kier molecular flexibility index (Phi) is 4.07. The zero-order valence-corrected chi connectivity index (χ0v) is 11.8. The molecule has 2 atom stereocenters. The molecule has 1 fully saturated rings. The smallest absolute Gasteiger partial charge is 0.241 e. The molecular formula is C15H19N3O2. The molecule has 2 rings (SSSR count). The summed E-state index contributed by atoms with van der Waals surface area (Å²) >= 11 is 0. The standard InChI is InChI=1S/C15H19N3O2/c1-11(18-8-7-15(2,20)10-18)14(19)17-13-6-4-3-5-12(13)9-16/h3-6,11,20H,7-8,10H2,1-2H3,(H,17,19). The summed E-state index contributed by atoms with van der Waals surface area (Å²) in [6.07, 6.45) is 0.666. The van der Waals surface area contributed by atoms with Crippen molar-refractivity contribution in [1.82, 2.24) is 4.90 Å². The number of anilines is 1. The number of likely N-dealkylation sites (tertiary alicyclic amines) is 1. The van der Waals surface area contributed by atoms with Crippen molar-refractivity contribution >= 4 is 11.6 Å². The van der Waals surface area contributed by atoms with Crippen LogP contribution in [0.3, 0.4) is 0 Å². The number of para-hydroxylation sites is 1. The molecule has 0 radical (unpaired) electrons. The monoisotopic (exact) mass is 273 g/mol. The van der Waals surface area contributed by atoms with Gasteiger partial charge in [0.2, 0.25) is 5.91 Å². The van der Waals surface area contributed by atoms with E-state index >= 15 is 0 Å². The van der Waals surface area contributed by atoms with E-state index in [1.54, 1.807) is 31.2 Å². The number of hydrogen-bond acceptors (Lipinski definition) is 4. The topological polar surface area (TPSA) is 76.4 Å². The first-order valence-corrected chi connectivity index (χ1v) is 6.69. The lowest BCUT2D eigenvalue weighted by molar-refractivity contribution is -0.120. The fourth-order valence-corrected chi connectivity index (χ4v) is 2.40. The Morgan fingerprint density at radius 3 is 2.85 bits per heavy atom. The van der Waals surface area contributed by atoms with Crippen molar-refractivity contribution in [2.45, 2.75) is 31.9 Å². The molecule has 1 aromatic rings. The number of β-amino-alcohol motifs (C(OH)–C–C–N with tert-alkyl or cyclic N) is 1. The number of hydrogen-bond donors (Lipinski definition) is 2. The summed E-state index contributed by atoms with van der Waals surface area (Å²) in [5.41, 5.74) is 0.248. The largest absolute Gasteiger partial charge is 0.389 e. The highest BCUT2D eigenvalue weighted by Gasteiger charge is 2.35. The summed E-state index contributed by atoms with van der Waals surface area (Å²) in [5, 5.41) is 21.7. The molecule has 0 spiro atoms. The molecule has 1 heterocycles. The Bertz CT molecular complexity index is 548. The Hall–Kier alpha value is -1.90. The maximum absolute atomic E-state index is 12.2. The van der Waals surface area contributed by atoms with Crippen LogP contribution in [-0.2, 0) is 4.79 Å². The SMILES string of the molecule is CC(C(=O)Nc1ccccc1C#N)N1CCC(C)(O)C1. The molecule has 1 amide bonds. The van der Waals surface area contributed by atoms with E-state index < -0.39 is 5.60 Å². The molecule has 0 saturated carbocycles. The molecule has 0 aliphatic carbocycles. The average molecular weight is 273 g/mol. The molecule has 2 N–H and O–H groups in total. The van der Waals surface area contributed by atoms with Crippen LogP contribution in [0, 0.1) is 11.3 Å². The minimum absolute atomic E-state index is 0.162. The highest BCUT2D eigenvalue weighted by molar-refractivity contribution is 5.95. The molecule has 1 aliphatic heterocycles. The third kappa shape index (κ3) is 3.16. The first-order chi connectivity index (χ1) is 9.43. The van der Waals surface area contributed by atoms with Gasteiger partial charge in [0.25, 0.3) is 0 Å². The summed E-state index contributed by atoms with van der Waals surface area (Å²) in [6.45, 7) is 4.78. The lowest BCUT2D eigenvalue weighted by Gasteiger charge is -2.24. The second kappa shape index (κ2) is 5.61. The van der Waals surface area contributed by atoms with Gasteiger partial charge in [-0.15, -0.1) is 0 Å². The van der Waals surface area contributed by atoms with E-state index in [0.29, 0.717) is 30.8 Å². The van der Waals surface area contributed by atoms with Crippen LogP contribution in [0.1, 0.15) is 25.8 Å². The van der Waals surface area contributed by atoms with Gasteiger partial charge in [0, 0.05) is 13.1 Å². The van der Waals surface area contributed by atoms with Crippen LogP contribution in [0.15, 0.2) is 24.3 Å². The van der Waals surface area contributed by atoms with Crippen LogP contribution >= 0.6 is 0 Å². The van der Waals surface area contributed by atoms with Gasteiger partial charge in [-0.2, -0.15) is 5.26 Å². The van der Waals surface area contributed by atoms with Crippen LogP contribution in [-0.4, -0.2) is 40.6 Å². The van der Waals surface area contributed by atoms with E-state index in [9.17, 15) is 9.90 Å². The number of benzene rings is 1. The zero-order valence-electron chi connectivity index (χ0n) is 11.8. The van der Waals surface area contributed by atoms with E-state index in [0.717, 1.165) is 0 Å². The molecule has 1 saturated heterocycles. The molecule has 1 aromatic carbocycles. The van der Waals surface area contributed by atoms with Gasteiger partial charge in [0.05, 0.1) is 22.9 Å². The molecule has 20 heavy (non-hydrogen) atoms. The number of nitrogens with zero attached hydrogens (tertiary/aromatic N) is 2. The van der Waals surface area contributed by atoms with Crippen LogP contribution in [0.25, 0.3) is 0 Å². The zero-order chi connectivity index (χ0) is 14.8. The summed E-state index contributed by atoms with van der Waals surface area (Å²) < 4.78 is 0. The fourth-order valence-electron chi connectivity index (χ4n) is 2.40. The van der Waals surface area contributed by atoms with Gasteiger partial charge >= 0.3 is 0 Å². The number of carbonyl (C=O) groups excluding carboxylic acids is 1. The van der Waals surface area contributed by atoms with Gasteiger partial charge < -0.3 is 10.4 Å². The van der Waals surface area contributed by atoms with Gasteiger partial charge in [-0.05, 0) is 32.4 Å². The van der Waals surface area contributed by atoms with Crippen molar-refractivity contribution in [3.05, 3.63) is 29.8 Å². The maximum atomic E-state index is 12.2.